The second-order valence-corrected chi connectivity index (χ2v) is 6.41. The smallest absolute Gasteiger partial charge is 0.0463 e. The van der Waals surface area contributed by atoms with Gasteiger partial charge in [-0.15, -0.1) is 0 Å². The molecule has 1 N–H and O–H groups in total. The highest BCUT2D eigenvalue weighted by Gasteiger charge is 2.03. The Bertz CT molecular complexity index is 1220. The van der Waals surface area contributed by atoms with Crippen molar-refractivity contribution in [3.63, 3.8) is 0 Å². The van der Waals surface area contributed by atoms with Crippen molar-refractivity contribution in [3.05, 3.63) is 97.1 Å². The van der Waals surface area contributed by atoms with Gasteiger partial charge >= 0.3 is 0 Å². The second kappa shape index (κ2) is 5.64. The molecule has 0 amide bonds. The van der Waals surface area contributed by atoms with Crippen LogP contribution >= 0.6 is 0 Å². The van der Waals surface area contributed by atoms with E-state index < -0.39 is 0 Å². The Kier molecular flexibility index (Phi) is 3.17. The number of benzene rings is 5. The van der Waals surface area contributed by atoms with E-state index in [2.05, 4.69) is 102 Å². The molecule has 0 saturated carbocycles. The predicted molar refractivity (Wildman–Crippen MR) is 109 cm³/mol. The van der Waals surface area contributed by atoms with Crippen LogP contribution in [0, 0.1) is 0 Å². The van der Waals surface area contributed by atoms with Gasteiger partial charge in [-0.1, -0.05) is 66.7 Å². The first-order valence-electron chi connectivity index (χ1n) is 8.54. The van der Waals surface area contributed by atoms with Crippen LogP contribution in [-0.2, 0) is 0 Å². The lowest BCUT2D eigenvalue weighted by Crippen LogP contribution is -1.91. The van der Waals surface area contributed by atoms with Crippen LogP contribution in [-0.4, -0.2) is 0 Å². The zero-order valence-corrected chi connectivity index (χ0v) is 13.7. The zero-order valence-electron chi connectivity index (χ0n) is 13.7. The number of rotatable bonds is 2. The van der Waals surface area contributed by atoms with E-state index in [1.54, 1.807) is 0 Å². The fourth-order valence-electron chi connectivity index (χ4n) is 3.51. The van der Waals surface area contributed by atoms with E-state index in [1.807, 2.05) is 0 Å². The minimum absolute atomic E-state index is 1.11. The molecule has 0 atom stereocenters. The Hall–Kier alpha value is -3.32. The first-order valence-corrected chi connectivity index (χ1v) is 8.54. The largest absolute Gasteiger partial charge is 0.355 e. The first kappa shape index (κ1) is 14.1. The van der Waals surface area contributed by atoms with Crippen LogP contribution in [0.1, 0.15) is 0 Å². The first-order chi connectivity index (χ1) is 12.4. The highest BCUT2D eigenvalue weighted by Crippen LogP contribution is 2.29. The number of hydrogen-bond acceptors (Lipinski definition) is 1. The van der Waals surface area contributed by atoms with Crippen molar-refractivity contribution in [3.8, 4) is 0 Å². The average molecular weight is 319 g/mol. The highest BCUT2D eigenvalue weighted by atomic mass is 14.9. The number of nitrogens with one attached hydrogen (secondary N) is 1. The molecule has 0 fully saturated rings. The maximum Gasteiger partial charge on any atom is 0.0463 e. The van der Waals surface area contributed by atoms with Gasteiger partial charge in [0.15, 0.2) is 0 Å². The molecule has 0 aliphatic carbocycles. The molecule has 5 rings (SSSR count). The van der Waals surface area contributed by atoms with Gasteiger partial charge in [0.05, 0.1) is 0 Å². The average Bonchev–Trinajstić information content (AvgIpc) is 2.67. The Morgan fingerprint density at radius 1 is 0.440 bits per heavy atom. The predicted octanol–water partition coefficient (Wildman–Crippen LogP) is 6.89. The van der Waals surface area contributed by atoms with E-state index >= 15 is 0 Å². The molecule has 0 heterocycles. The monoisotopic (exact) mass is 319 g/mol. The molecule has 5 aromatic carbocycles. The molecule has 1 heteroatoms. The second-order valence-electron chi connectivity index (χ2n) is 6.41. The van der Waals surface area contributed by atoms with Crippen molar-refractivity contribution in [2.24, 2.45) is 0 Å². The zero-order chi connectivity index (χ0) is 16.6. The molecule has 5 aromatic rings. The minimum atomic E-state index is 1.11. The molecule has 0 aromatic heterocycles. The summed E-state index contributed by atoms with van der Waals surface area (Å²) < 4.78 is 0. The molecule has 0 radical (unpaired) electrons. The summed E-state index contributed by atoms with van der Waals surface area (Å²) in [6, 6.07) is 34.4. The summed E-state index contributed by atoms with van der Waals surface area (Å²) >= 11 is 0. The highest BCUT2D eigenvalue weighted by molar-refractivity contribution is 6.00. The van der Waals surface area contributed by atoms with Crippen LogP contribution in [0.2, 0.25) is 0 Å². The lowest BCUT2D eigenvalue weighted by Gasteiger charge is -2.11. The molecule has 0 spiro atoms. The SMILES string of the molecule is c1ccc2cc3cc(Nc4cccc5ccccc45)ccc3cc2c1. The van der Waals surface area contributed by atoms with Gasteiger partial charge in [0.1, 0.15) is 0 Å². The van der Waals surface area contributed by atoms with Gasteiger partial charge in [-0.3, -0.25) is 0 Å². The van der Waals surface area contributed by atoms with Crippen molar-refractivity contribution in [1.82, 2.24) is 0 Å². The summed E-state index contributed by atoms with van der Waals surface area (Å²) in [5.41, 5.74) is 2.25. The summed E-state index contributed by atoms with van der Waals surface area (Å²) in [7, 11) is 0. The van der Waals surface area contributed by atoms with E-state index in [9.17, 15) is 0 Å². The summed E-state index contributed by atoms with van der Waals surface area (Å²) in [6.07, 6.45) is 0. The van der Waals surface area contributed by atoms with E-state index in [0.29, 0.717) is 0 Å². The van der Waals surface area contributed by atoms with Gasteiger partial charge in [0.25, 0.3) is 0 Å². The summed E-state index contributed by atoms with van der Waals surface area (Å²) in [5.74, 6) is 0. The van der Waals surface area contributed by atoms with Crippen molar-refractivity contribution in [1.29, 1.82) is 0 Å². The van der Waals surface area contributed by atoms with E-state index in [0.717, 1.165) is 11.4 Å². The number of anilines is 2. The number of fused-ring (bicyclic) bond motifs is 3. The topological polar surface area (TPSA) is 12.0 Å². The van der Waals surface area contributed by atoms with Crippen molar-refractivity contribution >= 4 is 43.7 Å². The van der Waals surface area contributed by atoms with Gasteiger partial charge in [-0.2, -0.15) is 0 Å². The van der Waals surface area contributed by atoms with E-state index in [1.165, 1.54) is 32.3 Å². The third kappa shape index (κ3) is 2.50. The van der Waals surface area contributed by atoms with Crippen LogP contribution < -0.4 is 5.32 Å². The normalized spacial score (nSPS) is 11.2. The molecule has 0 bridgehead atoms. The maximum absolute atomic E-state index is 3.59. The molecule has 1 nitrogen and oxygen atoms in total. The van der Waals surface area contributed by atoms with E-state index in [4.69, 9.17) is 0 Å². The summed E-state index contributed by atoms with van der Waals surface area (Å²) in [4.78, 5) is 0. The lowest BCUT2D eigenvalue weighted by atomic mass is 10.0. The standard InChI is InChI=1S/C24H17N/c1-2-8-19-15-21-16-22(13-12-20(21)14-18(19)7-1)25-24-11-5-9-17-6-3-4-10-23(17)24/h1-16,25H. The minimum Gasteiger partial charge on any atom is -0.355 e. The van der Waals surface area contributed by atoms with Gasteiger partial charge in [-0.05, 0) is 57.3 Å². The van der Waals surface area contributed by atoms with Gasteiger partial charge in [0.2, 0.25) is 0 Å². The van der Waals surface area contributed by atoms with Crippen molar-refractivity contribution < 1.29 is 0 Å². The lowest BCUT2D eigenvalue weighted by molar-refractivity contribution is 1.60. The van der Waals surface area contributed by atoms with Gasteiger partial charge in [-0.25, -0.2) is 0 Å². The molecule has 0 aliphatic heterocycles. The Morgan fingerprint density at radius 2 is 1.08 bits per heavy atom. The van der Waals surface area contributed by atoms with Crippen LogP contribution in [0.15, 0.2) is 97.1 Å². The van der Waals surface area contributed by atoms with Crippen LogP contribution in [0.5, 0.6) is 0 Å². The summed E-state index contributed by atoms with van der Waals surface area (Å²) in [5, 5.41) is 11.2. The number of hydrogen-bond donors (Lipinski definition) is 1. The van der Waals surface area contributed by atoms with Crippen molar-refractivity contribution in [2.45, 2.75) is 0 Å². The van der Waals surface area contributed by atoms with E-state index in [-0.39, 0.29) is 0 Å². The Morgan fingerprint density at radius 3 is 1.92 bits per heavy atom. The van der Waals surface area contributed by atoms with Gasteiger partial charge < -0.3 is 5.32 Å². The molecule has 25 heavy (non-hydrogen) atoms. The van der Waals surface area contributed by atoms with Crippen LogP contribution in [0.4, 0.5) is 11.4 Å². The Balaban J connectivity index is 1.61. The quantitative estimate of drug-likeness (QED) is 0.349. The molecule has 0 aliphatic rings. The summed E-state index contributed by atoms with van der Waals surface area (Å²) in [6.45, 7) is 0. The van der Waals surface area contributed by atoms with Gasteiger partial charge in [0, 0.05) is 16.8 Å². The van der Waals surface area contributed by atoms with Crippen molar-refractivity contribution in [2.75, 3.05) is 5.32 Å². The molecular formula is C24H17N. The maximum atomic E-state index is 3.59. The molecular weight excluding hydrogens is 302 g/mol. The molecule has 0 saturated heterocycles. The van der Waals surface area contributed by atoms with Crippen LogP contribution in [0.3, 0.4) is 0 Å². The third-order valence-electron chi connectivity index (χ3n) is 4.77. The molecule has 118 valence electrons. The molecule has 0 unspecified atom stereocenters. The third-order valence-corrected chi connectivity index (χ3v) is 4.77. The van der Waals surface area contributed by atoms with Crippen LogP contribution in [0.25, 0.3) is 32.3 Å². The Labute approximate surface area is 146 Å². The fraction of sp³-hybridized carbons (Fsp3) is 0. The fourth-order valence-corrected chi connectivity index (χ4v) is 3.51.